The highest BCUT2D eigenvalue weighted by Gasteiger charge is 2.33. The Labute approximate surface area is 220 Å². The number of halogens is 2. The summed E-state index contributed by atoms with van der Waals surface area (Å²) < 4.78 is 5.86. The molecule has 3 aromatic carbocycles. The number of benzene rings is 3. The van der Waals surface area contributed by atoms with Crippen LogP contribution in [0.4, 0.5) is 5.69 Å². The van der Waals surface area contributed by atoms with E-state index in [0.717, 1.165) is 16.8 Å². The molecule has 0 spiro atoms. The van der Waals surface area contributed by atoms with E-state index in [0.29, 0.717) is 44.9 Å². The van der Waals surface area contributed by atoms with Crippen LogP contribution in [-0.4, -0.2) is 22.5 Å². The third-order valence-electron chi connectivity index (χ3n) is 5.28. The minimum Gasteiger partial charge on any atom is -0.489 e. The number of carbonyl (C=O) groups is 1. The van der Waals surface area contributed by atoms with Gasteiger partial charge in [0, 0.05) is 22.2 Å². The van der Waals surface area contributed by atoms with Gasteiger partial charge in [-0.2, -0.15) is 0 Å². The predicted molar refractivity (Wildman–Crippen MR) is 148 cm³/mol. The van der Waals surface area contributed by atoms with Gasteiger partial charge in [-0.1, -0.05) is 72.9 Å². The molecule has 1 amide bonds. The first-order chi connectivity index (χ1) is 16.8. The van der Waals surface area contributed by atoms with Crippen LogP contribution in [0.3, 0.4) is 0 Å². The summed E-state index contributed by atoms with van der Waals surface area (Å²) in [5.74, 6) is 1.02. The van der Waals surface area contributed by atoms with Gasteiger partial charge < -0.3 is 4.74 Å². The Morgan fingerprint density at radius 3 is 2.40 bits per heavy atom. The summed E-state index contributed by atoms with van der Waals surface area (Å²) in [7, 11) is 0. The molecule has 7 heteroatoms. The molecule has 0 unspecified atom stereocenters. The van der Waals surface area contributed by atoms with E-state index in [1.54, 1.807) is 17.0 Å². The maximum Gasteiger partial charge on any atom is 0.266 e. The summed E-state index contributed by atoms with van der Waals surface area (Å²) in [6, 6.07) is 21.0. The lowest BCUT2D eigenvalue weighted by atomic mass is 10.2. The molecule has 0 atom stereocenters. The number of hydrogen-bond donors (Lipinski definition) is 0. The highest BCUT2D eigenvalue weighted by molar-refractivity contribution is 8.18. The largest absolute Gasteiger partial charge is 0.489 e. The average Bonchev–Trinajstić information content (AvgIpc) is 3.09. The van der Waals surface area contributed by atoms with Crippen LogP contribution in [0.15, 0.2) is 76.6 Å². The zero-order valence-electron chi connectivity index (χ0n) is 19.8. The Balaban J connectivity index is 1.49. The molecule has 1 saturated heterocycles. The van der Waals surface area contributed by atoms with E-state index < -0.39 is 0 Å². The molecule has 1 fully saturated rings. The molecule has 0 N–H and O–H groups in total. The molecule has 0 bridgehead atoms. The van der Waals surface area contributed by atoms with E-state index in [4.69, 9.17) is 32.9 Å². The van der Waals surface area contributed by atoms with Gasteiger partial charge in [-0.3, -0.25) is 9.69 Å². The van der Waals surface area contributed by atoms with Gasteiger partial charge in [0.2, 0.25) is 0 Å². The van der Waals surface area contributed by atoms with Crippen molar-refractivity contribution < 1.29 is 9.53 Å². The molecule has 1 aliphatic heterocycles. The van der Waals surface area contributed by atoms with Crippen molar-refractivity contribution in [2.75, 3.05) is 6.54 Å². The van der Waals surface area contributed by atoms with Crippen LogP contribution in [0, 0.1) is 12.8 Å². The second kappa shape index (κ2) is 11.3. The van der Waals surface area contributed by atoms with Gasteiger partial charge in [-0.05, 0) is 72.6 Å². The number of nitrogens with zero attached hydrogens (tertiary/aromatic N) is 2. The molecular formula is C28H26Cl2N2O2S. The third kappa shape index (κ3) is 6.69. The van der Waals surface area contributed by atoms with Gasteiger partial charge in [0.25, 0.3) is 5.91 Å². The molecule has 180 valence electrons. The molecule has 4 nitrogen and oxygen atoms in total. The second-order valence-corrected chi connectivity index (χ2v) is 10.6. The van der Waals surface area contributed by atoms with Crippen molar-refractivity contribution in [3.63, 3.8) is 0 Å². The maximum atomic E-state index is 13.2. The summed E-state index contributed by atoms with van der Waals surface area (Å²) >= 11 is 13.6. The summed E-state index contributed by atoms with van der Waals surface area (Å²) in [6.07, 6.45) is 1.90. The summed E-state index contributed by atoms with van der Waals surface area (Å²) in [5.41, 5.74) is 3.79. The summed E-state index contributed by atoms with van der Waals surface area (Å²) in [4.78, 5) is 20.4. The number of thioether (sulfide) groups is 1. The number of rotatable bonds is 7. The van der Waals surface area contributed by atoms with Crippen molar-refractivity contribution in [2.45, 2.75) is 27.4 Å². The topological polar surface area (TPSA) is 41.9 Å². The fourth-order valence-electron chi connectivity index (χ4n) is 3.46. The predicted octanol–water partition coefficient (Wildman–Crippen LogP) is 8.14. The van der Waals surface area contributed by atoms with Gasteiger partial charge in [0.05, 0.1) is 10.6 Å². The Bertz CT molecular complexity index is 1270. The molecule has 35 heavy (non-hydrogen) atoms. The van der Waals surface area contributed by atoms with E-state index in [-0.39, 0.29) is 5.91 Å². The first-order valence-electron chi connectivity index (χ1n) is 11.3. The molecule has 1 aliphatic rings. The van der Waals surface area contributed by atoms with E-state index >= 15 is 0 Å². The molecule has 0 saturated carbocycles. The van der Waals surface area contributed by atoms with E-state index in [9.17, 15) is 4.79 Å². The van der Waals surface area contributed by atoms with Gasteiger partial charge >= 0.3 is 0 Å². The number of hydrogen-bond acceptors (Lipinski definition) is 4. The van der Waals surface area contributed by atoms with Crippen LogP contribution >= 0.6 is 35.0 Å². The monoisotopic (exact) mass is 524 g/mol. The quantitative estimate of drug-likeness (QED) is 0.293. The smallest absolute Gasteiger partial charge is 0.266 e. The standard InChI is InChI=1S/C28H26Cl2N2O2S/c1-18(2)16-32-27(33)26(35-28(32)31-23-10-4-19(3)5-11-23)14-20-6-12-24(13-7-20)34-17-21-8-9-22(29)15-25(21)30/h4-15,18H,16-17H2,1-3H3/b26-14+,31-28?. The van der Waals surface area contributed by atoms with Crippen LogP contribution in [0.1, 0.15) is 30.5 Å². The number of aliphatic imine (C=N–C) groups is 1. The molecule has 0 aliphatic carbocycles. The van der Waals surface area contributed by atoms with Crippen LogP contribution in [-0.2, 0) is 11.4 Å². The lowest BCUT2D eigenvalue weighted by Gasteiger charge is -2.17. The fraction of sp³-hybridized carbons (Fsp3) is 0.214. The Morgan fingerprint density at radius 2 is 1.74 bits per heavy atom. The zero-order chi connectivity index (χ0) is 24.9. The van der Waals surface area contributed by atoms with Gasteiger partial charge in [0.15, 0.2) is 5.17 Å². The third-order valence-corrected chi connectivity index (χ3v) is 6.88. The fourth-order valence-corrected chi connectivity index (χ4v) is 4.93. The van der Waals surface area contributed by atoms with Crippen LogP contribution < -0.4 is 4.74 Å². The van der Waals surface area contributed by atoms with Crippen LogP contribution in [0.5, 0.6) is 5.75 Å². The minimum absolute atomic E-state index is 0.0210. The number of aryl methyl sites for hydroxylation is 1. The van der Waals surface area contributed by atoms with Gasteiger partial charge in [-0.15, -0.1) is 0 Å². The van der Waals surface area contributed by atoms with Crippen molar-refractivity contribution in [2.24, 2.45) is 10.9 Å². The molecule has 0 aromatic heterocycles. The number of carbonyl (C=O) groups excluding carboxylic acids is 1. The SMILES string of the molecule is Cc1ccc(N=C2S/C(=C/c3ccc(OCc4ccc(Cl)cc4Cl)cc3)C(=O)N2CC(C)C)cc1. The summed E-state index contributed by atoms with van der Waals surface area (Å²) in [5, 5.41) is 1.87. The minimum atomic E-state index is -0.0210. The normalized spacial score (nSPS) is 16.1. The first kappa shape index (κ1) is 25.4. The average molecular weight is 526 g/mol. The van der Waals surface area contributed by atoms with Crippen LogP contribution in [0.25, 0.3) is 6.08 Å². The Morgan fingerprint density at radius 1 is 1.03 bits per heavy atom. The van der Waals surface area contributed by atoms with Crippen molar-refractivity contribution in [1.29, 1.82) is 0 Å². The molecular weight excluding hydrogens is 499 g/mol. The maximum absolute atomic E-state index is 13.2. The van der Waals surface area contributed by atoms with Crippen molar-refractivity contribution in [3.05, 3.63) is 98.4 Å². The van der Waals surface area contributed by atoms with Crippen molar-refractivity contribution in [1.82, 2.24) is 4.90 Å². The first-order valence-corrected chi connectivity index (χ1v) is 12.9. The number of ether oxygens (including phenoxy) is 1. The lowest BCUT2D eigenvalue weighted by Crippen LogP contribution is -2.32. The molecule has 1 heterocycles. The van der Waals surface area contributed by atoms with E-state index in [2.05, 4.69) is 13.8 Å². The molecule has 3 aromatic rings. The molecule has 0 radical (unpaired) electrons. The van der Waals surface area contributed by atoms with Gasteiger partial charge in [0.1, 0.15) is 12.4 Å². The highest BCUT2D eigenvalue weighted by Crippen LogP contribution is 2.35. The second-order valence-electron chi connectivity index (χ2n) is 8.74. The van der Waals surface area contributed by atoms with Gasteiger partial charge in [-0.25, -0.2) is 4.99 Å². The number of amides is 1. The van der Waals surface area contributed by atoms with E-state index in [1.165, 1.54) is 17.3 Å². The van der Waals surface area contributed by atoms with Crippen molar-refractivity contribution >= 4 is 57.8 Å². The molecule has 4 rings (SSSR count). The zero-order valence-corrected chi connectivity index (χ0v) is 22.1. The Hall–Kier alpha value is -2.73. The lowest BCUT2D eigenvalue weighted by molar-refractivity contribution is -0.122. The van der Waals surface area contributed by atoms with E-state index in [1.807, 2.05) is 67.6 Å². The Kier molecular flexibility index (Phi) is 8.22. The highest BCUT2D eigenvalue weighted by atomic mass is 35.5. The number of amidine groups is 1. The summed E-state index contributed by atoms with van der Waals surface area (Å²) in [6.45, 7) is 7.19. The van der Waals surface area contributed by atoms with Crippen molar-refractivity contribution in [3.8, 4) is 5.75 Å². The van der Waals surface area contributed by atoms with Crippen LogP contribution in [0.2, 0.25) is 10.0 Å².